The van der Waals surface area contributed by atoms with Crippen LogP contribution in [0.2, 0.25) is 0 Å². The Morgan fingerprint density at radius 2 is 1.11 bits per heavy atom. The number of hydrogen-bond donors (Lipinski definition) is 6. The topological polar surface area (TPSA) is 211 Å². The molecule has 1 fully saturated rings. The van der Waals surface area contributed by atoms with E-state index in [4.69, 9.17) is 13.9 Å². The minimum atomic E-state index is -5.12. The molecule has 0 aromatic heterocycles. The first-order chi connectivity index (χ1) is 8.44. The summed E-state index contributed by atoms with van der Waals surface area (Å²) in [5.41, 5.74) is 8.50. The third kappa shape index (κ3) is 31.6. The number of piperazine rings is 1. The Kier molecular flexibility index (Phi) is 10.5. The SMILES string of the molecule is C1CNCCN1.NC(N)=O.O=S(=O)(O)OS(=O)(=O)O. The van der Waals surface area contributed by atoms with Crippen molar-refractivity contribution in [3.05, 3.63) is 0 Å². The predicted octanol–water partition coefficient (Wildman–Crippen LogP) is -3.19. The summed E-state index contributed by atoms with van der Waals surface area (Å²) >= 11 is 0. The number of amides is 2. The molecule has 0 atom stereocenters. The average molecular weight is 324 g/mol. The normalized spacial score (nSPS) is 15.3. The van der Waals surface area contributed by atoms with Gasteiger partial charge >= 0.3 is 26.8 Å². The van der Waals surface area contributed by atoms with E-state index in [1.807, 2.05) is 0 Å². The van der Waals surface area contributed by atoms with Crippen LogP contribution in [0.25, 0.3) is 0 Å². The number of rotatable bonds is 2. The van der Waals surface area contributed by atoms with Crippen molar-refractivity contribution < 1.29 is 34.4 Å². The molecular weight excluding hydrogens is 308 g/mol. The Labute approximate surface area is 110 Å². The van der Waals surface area contributed by atoms with Crippen molar-refractivity contribution in [3.8, 4) is 0 Å². The van der Waals surface area contributed by atoms with Gasteiger partial charge in [-0.1, -0.05) is 0 Å². The number of hydrogen-bond acceptors (Lipinski definition) is 8. The molecule has 14 heteroatoms. The Balaban J connectivity index is 0. The Morgan fingerprint density at radius 3 is 1.16 bits per heavy atom. The number of carbonyl (C=O) groups is 1. The van der Waals surface area contributed by atoms with Gasteiger partial charge in [0.25, 0.3) is 0 Å². The summed E-state index contributed by atoms with van der Waals surface area (Å²) in [4.78, 5) is 9.00. The van der Waals surface area contributed by atoms with Crippen molar-refractivity contribution in [1.29, 1.82) is 0 Å². The van der Waals surface area contributed by atoms with Gasteiger partial charge in [0.1, 0.15) is 0 Å². The molecule has 1 rings (SSSR count). The summed E-state index contributed by atoms with van der Waals surface area (Å²) in [5, 5.41) is 6.44. The minimum absolute atomic E-state index is 0.833. The summed E-state index contributed by atoms with van der Waals surface area (Å²) < 4.78 is 55.6. The van der Waals surface area contributed by atoms with Gasteiger partial charge in [-0.05, 0) is 0 Å². The van der Waals surface area contributed by atoms with Crippen LogP contribution in [0.4, 0.5) is 4.79 Å². The number of urea groups is 1. The molecule has 0 spiro atoms. The van der Waals surface area contributed by atoms with Crippen molar-refractivity contribution in [2.75, 3.05) is 26.2 Å². The van der Waals surface area contributed by atoms with Gasteiger partial charge in [-0.25, -0.2) is 4.79 Å². The first-order valence-electron chi connectivity index (χ1n) is 4.56. The lowest BCUT2D eigenvalue weighted by Gasteiger charge is -2.11. The van der Waals surface area contributed by atoms with E-state index < -0.39 is 26.8 Å². The van der Waals surface area contributed by atoms with E-state index in [-0.39, 0.29) is 0 Å². The Bertz CT molecular complexity index is 396. The molecule has 1 heterocycles. The molecule has 116 valence electrons. The fourth-order valence-electron chi connectivity index (χ4n) is 0.712. The van der Waals surface area contributed by atoms with Gasteiger partial charge in [0.2, 0.25) is 0 Å². The summed E-state index contributed by atoms with van der Waals surface area (Å²) in [5.74, 6) is 0. The van der Waals surface area contributed by atoms with Gasteiger partial charge in [0.05, 0.1) is 0 Å². The van der Waals surface area contributed by atoms with Crippen LogP contribution in [0.15, 0.2) is 0 Å². The molecule has 1 saturated heterocycles. The number of nitrogens with one attached hydrogen (secondary N) is 2. The predicted molar refractivity (Wildman–Crippen MR) is 63.7 cm³/mol. The monoisotopic (exact) mass is 324 g/mol. The molecule has 0 radical (unpaired) electrons. The molecule has 12 nitrogen and oxygen atoms in total. The quantitative estimate of drug-likeness (QED) is 0.280. The highest BCUT2D eigenvalue weighted by atomic mass is 32.3. The highest BCUT2D eigenvalue weighted by Crippen LogP contribution is 1.91. The standard InChI is InChI=1S/C4H10N2.CH4N2O.H2O7S2/c1-2-6-4-3-5-1;2-1(3)4;1-8(2,3)7-9(4,5)6/h5-6H,1-4H2;(H4,2,3,4);(H,1,2,3)(H,4,5,6). The van der Waals surface area contributed by atoms with Crippen LogP contribution in [0.5, 0.6) is 0 Å². The Morgan fingerprint density at radius 1 is 0.895 bits per heavy atom. The molecule has 2 amide bonds. The average Bonchev–Trinajstić information content (AvgIpc) is 2.14. The second-order valence-corrected chi connectivity index (χ2v) is 5.08. The van der Waals surface area contributed by atoms with Crippen LogP contribution in [0, 0.1) is 0 Å². The zero-order valence-corrected chi connectivity index (χ0v) is 11.3. The number of carbonyl (C=O) groups excluding carboxylic acids is 1. The molecule has 1 aliphatic rings. The summed E-state index contributed by atoms with van der Waals surface area (Å²) in [6.07, 6.45) is 0. The highest BCUT2D eigenvalue weighted by molar-refractivity contribution is 7.94. The van der Waals surface area contributed by atoms with Crippen LogP contribution >= 0.6 is 0 Å². The van der Waals surface area contributed by atoms with Crippen molar-refractivity contribution in [2.45, 2.75) is 0 Å². The van der Waals surface area contributed by atoms with E-state index in [0.29, 0.717) is 0 Å². The Hall–Kier alpha value is -1.03. The third-order valence-corrected chi connectivity index (χ3v) is 2.50. The summed E-state index contributed by atoms with van der Waals surface area (Å²) in [7, 11) is -10.2. The second-order valence-electron chi connectivity index (χ2n) is 2.83. The largest absolute Gasteiger partial charge is 0.413 e. The van der Waals surface area contributed by atoms with Gasteiger partial charge in [0, 0.05) is 26.2 Å². The summed E-state index contributed by atoms with van der Waals surface area (Å²) in [6.45, 7) is 4.56. The third-order valence-electron chi connectivity index (χ3n) is 1.13. The molecule has 8 N–H and O–H groups in total. The first-order valence-corrected chi connectivity index (χ1v) is 7.29. The van der Waals surface area contributed by atoms with Crippen molar-refractivity contribution in [2.24, 2.45) is 11.5 Å². The maximum atomic E-state index is 9.44. The highest BCUT2D eigenvalue weighted by Gasteiger charge is 2.15. The van der Waals surface area contributed by atoms with Gasteiger partial charge < -0.3 is 22.1 Å². The lowest BCUT2D eigenvalue weighted by Crippen LogP contribution is -2.39. The molecule has 0 aromatic carbocycles. The minimum Gasteiger partial charge on any atom is -0.352 e. The van der Waals surface area contributed by atoms with Crippen molar-refractivity contribution in [3.63, 3.8) is 0 Å². The van der Waals surface area contributed by atoms with E-state index in [1.54, 1.807) is 0 Å². The van der Waals surface area contributed by atoms with Crippen molar-refractivity contribution in [1.82, 2.24) is 10.6 Å². The fraction of sp³-hybridized carbons (Fsp3) is 0.800. The lowest BCUT2D eigenvalue weighted by molar-refractivity contribution is 0.256. The van der Waals surface area contributed by atoms with Crippen LogP contribution in [0.3, 0.4) is 0 Å². The lowest BCUT2D eigenvalue weighted by atomic mass is 10.4. The molecule has 1 aliphatic heterocycles. The molecule has 19 heavy (non-hydrogen) atoms. The van der Waals surface area contributed by atoms with Crippen LogP contribution in [-0.2, 0) is 24.4 Å². The molecule has 0 unspecified atom stereocenters. The van der Waals surface area contributed by atoms with Crippen molar-refractivity contribution >= 4 is 26.8 Å². The molecule has 0 aromatic rings. The van der Waals surface area contributed by atoms with Crippen LogP contribution in [0.1, 0.15) is 0 Å². The molecular formula is C5H16N4O8S2. The number of nitrogens with two attached hydrogens (primary N) is 2. The maximum Gasteiger partial charge on any atom is 0.413 e. The van der Waals surface area contributed by atoms with Gasteiger partial charge in [0.15, 0.2) is 0 Å². The van der Waals surface area contributed by atoms with E-state index in [1.165, 1.54) is 0 Å². The smallest absolute Gasteiger partial charge is 0.352 e. The molecule has 0 saturated carbocycles. The fourth-order valence-corrected chi connectivity index (χ4v) is 1.58. The van der Waals surface area contributed by atoms with E-state index >= 15 is 0 Å². The van der Waals surface area contributed by atoms with E-state index in [9.17, 15) is 16.8 Å². The number of primary amides is 2. The first kappa shape index (κ1) is 20.3. The van der Waals surface area contributed by atoms with Gasteiger partial charge in [-0.2, -0.15) is 16.8 Å². The van der Waals surface area contributed by atoms with Gasteiger partial charge in [-0.3, -0.25) is 9.11 Å². The molecule has 0 aliphatic carbocycles. The second kappa shape index (κ2) is 9.84. The van der Waals surface area contributed by atoms with Crippen LogP contribution < -0.4 is 22.1 Å². The zero-order valence-electron chi connectivity index (χ0n) is 9.64. The van der Waals surface area contributed by atoms with Gasteiger partial charge in [-0.15, -0.1) is 3.63 Å². The van der Waals surface area contributed by atoms with Crippen LogP contribution in [-0.4, -0.2) is 58.2 Å². The summed E-state index contributed by atoms with van der Waals surface area (Å²) in [6, 6.07) is -0.833. The van der Waals surface area contributed by atoms with E-state index in [0.717, 1.165) is 26.2 Å². The molecule has 0 bridgehead atoms. The zero-order chi connectivity index (χ0) is 15.5. The maximum absolute atomic E-state index is 9.44. The van der Waals surface area contributed by atoms with E-state index in [2.05, 4.69) is 25.7 Å².